The molecule has 0 aliphatic heterocycles. The van der Waals surface area contributed by atoms with E-state index in [1.54, 1.807) is 6.07 Å². The third-order valence-corrected chi connectivity index (χ3v) is 2.52. The summed E-state index contributed by atoms with van der Waals surface area (Å²) in [4.78, 5) is 3.85. The van der Waals surface area contributed by atoms with Gasteiger partial charge in [0.2, 0.25) is 0 Å². The molecule has 0 bridgehead atoms. The molecule has 0 saturated heterocycles. The van der Waals surface area contributed by atoms with E-state index < -0.39 is 11.7 Å². The smallest absolute Gasteiger partial charge is 0.236 e. The highest BCUT2D eigenvalue weighted by atomic mass is 79.9. The molecule has 0 aliphatic rings. The lowest BCUT2D eigenvalue weighted by Gasteiger charge is -2.10. The maximum atomic E-state index is 12.6. The molecule has 2 aromatic heterocycles. The molecule has 0 unspecified atom stereocenters. The summed E-state index contributed by atoms with van der Waals surface area (Å²) in [5, 5.41) is 3.81. The van der Waals surface area contributed by atoms with Gasteiger partial charge in [-0.25, -0.2) is 9.67 Å². The van der Waals surface area contributed by atoms with E-state index in [1.165, 1.54) is 17.1 Å². The largest absolute Gasteiger partial charge is 0.417 e. The first-order valence-corrected chi connectivity index (χ1v) is 5.00. The van der Waals surface area contributed by atoms with Gasteiger partial charge in [0.05, 0.1) is 5.56 Å². The van der Waals surface area contributed by atoms with Gasteiger partial charge < -0.3 is 0 Å². The Morgan fingerprint density at radius 2 is 2.06 bits per heavy atom. The van der Waals surface area contributed by atoms with Crippen LogP contribution < -0.4 is 0 Å². The number of rotatable bonds is 1. The van der Waals surface area contributed by atoms with Gasteiger partial charge in [0.1, 0.15) is 0 Å². The Labute approximate surface area is 97.0 Å². The van der Waals surface area contributed by atoms with Crippen LogP contribution in [0.25, 0.3) is 5.82 Å². The van der Waals surface area contributed by atoms with E-state index in [4.69, 9.17) is 0 Å². The molecule has 0 aliphatic carbocycles. The first-order valence-electron chi connectivity index (χ1n) is 4.21. The molecule has 7 heteroatoms. The van der Waals surface area contributed by atoms with E-state index >= 15 is 0 Å². The monoisotopic (exact) mass is 291 g/mol. The molecule has 84 valence electrons. The number of hydrogen-bond acceptors (Lipinski definition) is 2. The maximum absolute atomic E-state index is 12.6. The van der Waals surface area contributed by atoms with Gasteiger partial charge in [0.25, 0.3) is 0 Å². The number of alkyl halides is 3. The lowest BCUT2D eigenvalue weighted by molar-refractivity contribution is -0.138. The SMILES string of the molecule is FC(F)(F)c1cc(-n2cccn2)ncc1Br. The molecule has 0 fully saturated rings. The molecular formula is C9H5BrF3N3. The van der Waals surface area contributed by atoms with Crippen LogP contribution in [-0.4, -0.2) is 14.8 Å². The summed E-state index contributed by atoms with van der Waals surface area (Å²) < 4.78 is 38.9. The lowest BCUT2D eigenvalue weighted by Crippen LogP contribution is -2.09. The van der Waals surface area contributed by atoms with E-state index in [9.17, 15) is 13.2 Å². The van der Waals surface area contributed by atoms with Crippen molar-refractivity contribution in [3.8, 4) is 5.82 Å². The van der Waals surface area contributed by atoms with Gasteiger partial charge in [-0.15, -0.1) is 0 Å². The molecular weight excluding hydrogens is 287 g/mol. The van der Waals surface area contributed by atoms with E-state index in [0.717, 1.165) is 12.3 Å². The second-order valence-corrected chi connectivity index (χ2v) is 3.83. The Kier molecular flexibility index (Phi) is 2.71. The zero-order valence-electron chi connectivity index (χ0n) is 7.74. The Balaban J connectivity index is 2.52. The summed E-state index contributed by atoms with van der Waals surface area (Å²) in [5.41, 5.74) is -0.770. The van der Waals surface area contributed by atoms with E-state index in [0.29, 0.717) is 0 Å². The Bertz CT molecular complexity index is 493. The van der Waals surface area contributed by atoms with Crippen molar-refractivity contribution in [3.63, 3.8) is 0 Å². The third-order valence-electron chi connectivity index (χ3n) is 1.89. The summed E-state index contributed by atoms with van der Waals surface area (Å²) in [7, 11) is 0. The van der Waals surface area contributed by atoms with Crippen LogP contribution in [0.2, 0.25) is 0 Å². The molecule has 2 heterocycles. The van der Waals surface area contributed by atoms with Crippen LogP contribution in [0.4, 0.5) is 13.2 Å². The van der Waals surface area contributed by atoms with Gasteiger partial charge in [-0.2, -0.15) is 18.3 Å². The molecule has 0 atom stereocenters. The van der Waals surface area contributed by atoms with E-state index in [2.05, 4.69) is 26.0 Å². The Morgan fingerprint density at radius 1 is 1.31 bits per heavy atom. The highest BCUT2D eigenvalue weighted by Gasteiger charge is 2.33. The molecule has 2 aromatic rings. The van der Waals surface area contributed by atoms with Gasteiger partial charge in [-0.3, -0.25) is 0 Å². The molecule has 0 spiro atoms. The predicted octanol–water partition coefficient (Wildman–Crippen LogP) is 3.05. The molecule has 0 N–H and O–H groups in total. The van der Waals surface area contributed by atoms with Gasteiger partial charge in [0, 0.05) is 23.1 Å². The normalized spacial score (nSPS) is 11.8. The minimum absolute atomic E-state index is 0.0871. The highest BCUT2D eigenvalue weighted by Crippen LogP contribution is 2.35. The van der Waals surface area contributed by atoms with Crippen molar-refractivity contribution >= 4 is 15.9 Å². The first kappa shape index (κ1) is 11.1. The quantitative estimate of drug-likeness (QED) is 0.808. The van der Waals surface area contributed by atoms with Gasteiger partial charge in [-0.05, 0) is 28.1 Å². The summed E-state index contributed by atoms with van der Waals surface area (Å²) in [5.74, 6) is 0.125. The minimum Gasteiger partial charge on any atom is -0.236 e. The molecule has 0 radical (unpaired) electrons. The maximum Gasteiger partial charge on any atom is 0.417 e. The molecule has 0 amide bonds. The van der Waals surface area contributed by atoms with Gasteiger partial charge in [-0.1, -0.05) is 0 Å². The Morgan fingerprint density at radius 3 is 2.62 bits per heavy atom. The Hall–Kier alpha value is -1.37. The van der Waals surface area contributed by atoms with Crippen LogP contribution >= 0.6 is 15.9 Å². The third kappa shape index (κ3) is 2.08. The van der Waals surface area contributed by atoms with Crippen LogP contribution in [0.1, 0.15) is 5.56 Å². The second-order valence-electron chi connectivity index (χ2n) is 2.97. The molecule has 16 heavy (non-hydrogen) atoms. The number of pyridine rings is 1. The zero-order chi connectivity index (χ0) is 11.8. The molecule has 3 nitrogen and oxygen atoms in total. The average Bonchev–Trinajstić information content (AvgIpc) is 2.69. The zero-order valence-corrected chi connectivity index (χ0v) is 9.33. The summed E-state index contributed by atoms with van der Waals surface area (Å²) >= 11 is 2.82. The summed E-state index contributed by atoms with van der Waals surface area (Å²) in [6.07, 6.45) is -0.309. The van der Waals surface area contributed by atoms with E-state index in [-0.39, 0.29) is 10.3 Å². The van der Waals surface area contributed by atoms with Crippen LogP contribution in [0.5, 0.6) is 0 Å². The van der Waals surface area contributed by atoms with Crippen molar-refractivity contribution in [2.24, 2.45) is 0 Å². The van der Waals surface area contributed by atoms with Crippen LogP contribution in [-0.2, 0) is 6.18 Å². The fraction of sp³-hybridized carbons (Fsp3) is 0.111. The summed E-state index contributed by atoms with van der Waals surface area (Å²) in [6.45, 7) is 0. The van der Waals surface area contributed by atoms with Crippen molar-refractivity contribution in [1.29, 1.82) is 0 Å². The predicted molar refractivity (Wildman–Crippen MR) is 54.1 cm³/mol. The van der Waals surface area contributed by atoms with Gasteiger partial charge >= 0.3 is 6.18 Å². The van der Waals surface area contributed by atoms with Crippen LogP contribution in [0.3, 0.4) is 0 Å². The topological polar surface area (TPSA) is 30.7 Å². The van der Waals surface area contributed by atoms with Crippen molar-refractivity contribution in [2.45, 2.75) is 6.18 Å². The van der Waals surface area contributed by atoms with Gasteiger partial charge in [0.15, 0.2) is 5.82 Å². The fourth-order valence-corrected chi connectivity index (χ4v) is 1.62. The highest BCUT2D eigenvalue weighted by molar-refractivity contribution is 9.10. The van der Waals surface area contributed by atoms with Crippen molar-refractivity contribution in [2.75, 3.05) is 0 Å². The number of hydrogen-bond donors (Lipinski definition) is 0. The van der Waals surface area contributed by atoms with Crippen molar-refractivity contribution < 1.29 is 13.2 Å². The molecule has 2 rings (SSSR count). The number of nitrogens with zero attached hydrogens (tertiary/aromatic N) is 3. The standard InChI is InChI=1S/C9H5BrF3N3/c10-7-5-14-8(16-3-1-2-15-16)4-6(7)9(11,12)13/h1-5H. The lowest BCUT2D eigenvalue weighted by atomic mass is 10.2. The average molecular weight is 292 g/mol. The van der Waals surface area contributed by atoms with Crippen LogP contribution in [0, 0.1) is 0 Å². The first-order chi connectivity index (χ1) is 7.48. The van der Waals surface area contributed by atoms with Crippen molar-refractivity contribution in [1.82, 2.24) is 14.8 Å². The van der Waals surface area contributed by atoms with Crippen molar-refractivity contribution in [3.05, 3.63) is 40.8 Å². The minimum atomic E-state index is -4.41. The number of halogens is 4. The molecule has 0 saturated carbocycles. The summed E-state index contributed by atoms with van der Waals surface area (Å²) in [6, 6.07) is 2.55. The second kappa shape index (κ2) is 3.89. The molecule has 0 aromatic carbocycles. The number of aromatic nitrogens is 3. The van der Waals surface area contributed by atoms with E-state index in [1.807, 2.05) is 0 Å². The fourth-order valence-electron chi connectivity index (χ4n) is 1.17. The van der Waals surface area contributed by atoms with Crippen LogP contribution in [0.15, 0.2) is 35.2 Å².